The quantitative estimate of drug-likeness (QED) is 0.878. The van der Waals surface area contributed by atoms with Crippen LogP contribution in [0.5, 0.6) is 0 Å². The van der Waals surface area contributed by atoms with Crippen LogP contribution in [0, 0.1) is 0 Å². The number of rotatable bonds is 5. The van der Waals surface area contributed by atoms with Crippen molar-refractivity contribution in [1.82, 2.24) is 24.8 Å². The molecule has 2 aromatic rings. The summed E-state index contributed by atoms with van der Waals surface area (Å²) in [5.41, 5.74) is 1.35. The molecule has 0 unspecified atom stereocenters. The van der Waals surface area contributed by atoms with Gasteiger partial charge in [-0.15, -0.1) is 0 Å². The molecule has 1 aliphatic rings. The van der Waals surface area contributed by atoms with Crippen LogP contribution >= 0.6 is 0 Å². The zero-order valence-electron chi connectivity index (χ0n) is 13.5. The Balaban J connectivity index is 1.61. The highest BCUT2D eigenvalue weighted by Crippen LogP contribution is 2.19. The van der Waals surface area contributed by atoms with E-state index < -0.39 is 0 Å². The highest BCUT2D eigenvalue weighted by Gasteiger charge is 2.24. The first-order valence-electron chi connectivity index (χ1n) is 7.93. The van der Waals surface area contributed by atoms with E-state index in [1.54, 1.807) is 6.33 Å². The average Bonchev–Trinajstić information content (AvgIpc) is 3.04. The summed E-state index contributed by atoms with van der Waals surface area (Å²) < 4.78 is 5.62. The van der Waals surface area contributed by atoms with Gasteiger partial charge in [-0.05, 0) is 19.8 Å². The van der Waals surface area contributed by atoms with Crippen LogP contribution in [0.3, 0.4) is 0 Å². The molecule has 1 N–H and O–H groups in total. The zero-order chi connectivity index (χ0) is 16.2. The molecule has 0 aliphatic carbocycles. The fourth-order valence-corrected chi connectivity index (χ4v) is 2.93. The number of ether oxygens (including phenoxy) is 1. The summed E-state index contributed by atoms with van der Waals surface area (Å²) >= 11 is 0. The van der Waals surface area contributed by atoms with E-state index in [1.807, 2.05) is 23.8 Å². The van der Waals surface area contributed by atoms with E-state index in [0.717, 1.165) is 38.1 Å². The first kappa shape index (κ1) is 15.7. The van der Waals surface area contributed by atoms with Gasteiger partial charge in [0.2, 0.25) is 5.91 Å². The largest absolute Gasteiger partial charge is 0.378 e. The molecule has 0 saturated carbocycles. The normalized spacial score (nSPS) is 16.0. The van der Waals surface area contributed by atoms with Crippen LogP contribution in [-0.2, 0) is 9.53 Å². The Labute approximate surface area is 134 Å². The molecule has 1 fully saturated rings. The molecule has 3 rings (SSSR count). The van der Waals surface area contributed by atoms with Gasteiger partial charge >= 0.3 is 0 Å². The van der Waals surface area contributed by atoms with Crippen molar-refractivity contribution in [2.24, 2.45) is 0 Å². The summed E-state index contributed by atoms with van der Waals surface area (Å²) in [7, 11) is 1.85. The second-order valence-corrected chi connectivity index (χ2v) is 5.69. The van der Waals surface area contributed by atoms with E-state index in [1.165, 1.54) is 6.33 Å². The molecule has 0 atom stereocenters. The molecular formula is C15H22N6O2. The topological polar surface area (TPSA) is 87.2 Å². The minimum Gasteiger partial charge on any atom is -0.378 e. The summed E-state index contributed by atoms with van der Waals surface area (Å²) in [6, 6.07) is 0. The average molecular weight is 318 g/mol. The minimum absolute atomic E-state index is 0.105. The fourth-order valence-electron chi connectivity index (χ4n) is 2.93. The second kappa shape index (κ2) is 6.91. The minimum atomic E-state index is 0.105. The van der Waals surface area contributed by atoms with Gasteiger partial charge in [0.05, 0.1) is 19.0 Å². The Bertz CT molecular complexity index is 665. The van der Waals surface area contributed by atoms with Gasteiger partial charge in [-0.2, -0.15) is 0 Å². The molecule has 0 bridgehead atoms. The van der Waals surface area contributed by atoms with E-state index in [0.29, 0.717) is 11.5 Å². The molecular weight excluding hydrogens is 296 g/mol. The van der Waals surface area contributed by atoms with Crippen LogP contribution in [0.15, 0.2) is 12.7 Å². The van der Waals surface area contributed by atoms with E-state index in [4.69, 9.17) is 4.74 Å². The fraction of sp³-hybridized carbons (Fsp3) is 0.600. The molecule has 3 heterocycles. The van der Waals surface area contributed by atoms with Crippen molar-refractivity contribution < 1.29 is 9.53 Å². The Hall–Kier alpha value is -2.22. The van der Waals surface area contributed by atoms with Crippen LogP contribution in [0.4, 0.5) is 5.82 Å². The monoisotopic (exact) mass is 318 g/mol. The number of H-pyrrole nitrogens is 1. The van der Waals surface area contributed by atoms with E-state index in [-0.39, 0.29) is 18.6 Å². The van der Waals surface area contributed by atoms with Crippen LogP contribution in [0.1, 0.15) is 19.8 Å². The maximum Gasteiger partial charge on any atom is 0.242 e. The Morgan fingerprint density at radius 1 is 1.39 bits per heavy atom. The number of hydrogen-bond donors (Lipinski definition) is 1. The Kier molecular flexibility index (Phi) is 4.71. The van der Waals surface area contributed by atoms with Gasteiger partial charge in [0, 0.05) is 26.7 Å². The summed E-state index contributed by atoms with van der Waals surface area (Å²) in [4.78, 5) is 31.7. The van der Waals surface area contributed by atoms with Crippen LogP contribution in [0.25, 0.3) is 11.2 Å². The third kappa shape index (κ3) is 3.42. The maximum absolute atomic E-state index is 12.5. The number of likely N-dealkylation sites (tertiary alicyclic amines) is 1. The van der Waals surface area contributed by atoms with Crippen molar-refractivity contribution >= 4 is 22.9 Å². The smallest absolute Gasteiger partial charge is 0.242 e. The number of carbonyl (C=O) groups is 1. The Morgan fingerprint density at radius 2 is 2.17 bits per heavy atom. The molecule has 0 spiro atoms. The number of carbonyl (C=O) groups excluding carboxylic acids is 1. The number of fused-ring (bicyclic) bond motifs is 1. The van der Waals surface area contributed by atoms with Crippen molar-refractivity contribution in [1.29, 1.82) is 0 Å². The lowest BCUT2D eigenvalue weighted by molar-refractivity contribution is -0.132. The van der Waals surface area contributed by atoms with Gasteiger partial charge in [-0.3, -0.25) is 4.79 Å². The predicted octanol–water partition coefficient (Wildman–Crippen LogP) is 0.817. The number of amides is 1. The lowest BCUT2D eigenvalue weighted by Crippen LogP contribution is -2.45. The van der Waals surface area contributed by atoms with Gasteiger partial charge in [0.15, 0.2) is 11.5 Å². The summed E-state index contributed by atoms with van der Waals surface area (Å²) in [5.74, 6) is 0.791. The maximum atomic E-state index is 12.5. The molecule has 0 aromatic carbocycles. The highest BCUT2D eigenvalue weighted by atomic mass is 16.5. The van der Waals surface area contributed by atoms with Crippen molar-refractivity contribution in [2.45, 2.75) is 25.9 Å². The summed E-state index contributed by atoms with van der Waals surface area (Å²) in [6.45, 7) is 4.52. The number of aromatic nitrogens is 4. The first-order valence-corrected chi connectivity index (χ1v) is 7.93. The predicted molar refractivity (Wildman–Crippen MR) is 86.2 cm³/mol. The number of anilines is 1. The van der Waals surface area contributed by atoms with Gasteiger partial charge in [-0.25, -0.2) is 15.0 Å². The lowest BCUT2D eigenvalue weighted by atomic mass is 10.1. The van der Waals surface area contributed by atoms with Gasteiger partial charge in [0.1, 0.15) is 11.8 Å². The number of aromatic amines is 1. The Morgan fingerprint density at radius 3 is 2.91 bits per heavy atom. The number of piperidine rings is 1. The van der Waals surface area contributed by atoms with Crippen molar-refractivity contribution in [3.63, 3.8) is 0 Å². The number of nitrogens with one attached hydrogen (secondary N) is 1. The van der Waals surface area contributed by atoms with E-state index in [2.05, 4.69) is 19.9 Å². The van der Waals surface area contributed by atoms with Crippen molar-refractivity contribution in [3.8, 4) is 0 Å². The number of likely N-dealkylation sites (N-methyl/N-ethyl adjacent to an activating group) is 1. The number of hydrogen-bond acceptors (Lipinski definition) is 6. The highest BCUT2D eigenvalue weighted by molar-refractivity contribution is 5.87. The molecule has 1 amide bonds. The summed E-state index contributed by atoms with van der Waals surface area (Å²) in [6.07, 6.45) is 5.14. The molecule has 124 valence electrons. The summed E-state index contributed by atoms with van der Waals surface area (Å²) in [5, 5.41) is 0. The molecule has 8 nitrogen and oxygen atoms in total. The lowest BCUT2D eigenvalue weighted by Gasteiger charge is -2.33. The van der Waals surface area contributed by atoms with Crippen LogP contribution in [-0.4, -0.2) is 70.1 Å². The molecule has 1 aliphatic heterocycles. The van der Waals surface area contributed by atoms with E-state index >= 15 is 0 Å². The third-order valence-corrected chi connectivity index (χ3v) is 4.13. The second-order valence-electron chi connectivity index (χ2n) is 5.69. The molecule has 1 saturated heterocycles. The van der Waals surface area contributed by atoms with Gasteiger partial charge in [0.25, 0.3) is 0 Å². The van der Waals surface area contributed by atoms with E-state index in [9.17, 15) is 4.79 Å². The van der Waals surface area contributed by atoms with Crippen LogP contribution in [0.2, 0.25) is 0 Å². The zero-order valence-corrected chi connectivity index (χ0v) is 13.5. The standard InChI is InChI=1S/C15H22N6O2/c1-3-23-11-4-6-21(7-5-11)12(22)8-20(2)15-13-14(17-9-16-13)18-10-19-15/h9-11H,3-8H2,1-2H3,(H,16,17,18,19). The molecule has 8 heteroatoms. The number of imidazole rings is 1. The molecule has 2 aromatic heterocycles. The van der Waals surface area contributed by atoms with Crippen molar-refractivity contribution in [2.75, 3.05) is 38.2 Å². The van der Waals surface area contributed by atoms with Crippen LogP contribution < -0.4 is 4.90 Å². The SMILES string of the molecule is CCOC1CCN(C(=O)CN(C)c2ncnc3nc[nH]c23)CC1. The van der Waals surface area contributed by atoms with Gasteiger partial charge < -0.3 is 19.5 Å². The molecule has 23 heavy (non-hydrogen) atoms. The van der Waals surface area contributed by atoms with Gasteiger partial charge in [-0.1, -0.05) is 0 Å². The third-order valence-electron chi connectivity index (χ3n) is 4.13. The molecule has 0 radical (unpaired) electrons. The van der Waals surface area contributed by atoms with Crippen molar-refractivity contribution in [3.05, 3.63) is 12.7 Å². The first-order chi connectivity index (χ1) is 11.2. The number of nitrogens with zero attached hydrogens (tertiary/aromatic N) is 5.